The van der Waals surface area contributed by atoms with Gasteiger partial charge >= 0.3 is 0 Å². The van der Waals surface area contributed by atoms with Crippen molar-refractivity contribution in [3.8, 4) is 5.75 Å². The molecule has 0 fully saturated rings. The van der Waals surface area contributed by atoms with Crippen LogP contribution in [-0.4, -0.2) is 17.1 Å². The van der Waals surface area contributed by atoms with Crippen molar-refractivity contribution < 1.29 is 4.74 Å². The van der Waals surface area contributed by atoms with Gasteiger partial charge < -0.3 is 10.1 Å². The van der Waals surface area contributed by atoms with E-state index in [9.17, 15) is 0 Å². The molecule has 17 heavy (non-hydrogen) atoms. The Balaban J connectivity index is 2.02. The van der Waals surface area contributed by atoms with Gasteiger partial charge in [-0.1, -0.05) is 0 Å². The number of halogens is 1. The Labute approximate surface area is 108 Å². The fourth-order valence-corrected chi connectivity index (χ4v) is 1.94. The number of hydrogen-bond acceptors (Lipinski definition) is 4. The Morgan fingerprint density at radius 2 is 2.06 bits per heavy atom. The summed E-state index contributed by atoms with van der Waals surface area (Å²) in [7, 11) is 1.65. The van der Waals surface area contributed by atoms with Crippen molar-refractivity contribution in [3.05, 3.63) is 47.0 Å². The first kappa shape index (κ1) is 11.9. The predicted molar refractivity (Wildman–Crippen MR) is 70.1 cm³/mol. The van der Waals surface area contributed by atoms with Gasteiger partial charge in [0.15, 0.2) is 0 Å². The summed E-state index contributed by atoms with van der Waals surface area (Å²) in [5.74, 6) is 0.818. The second kappa shape index (κ2) is 5.63. The van der Waals surface area contributed by atoms with Crippen LogP contribution < -0.4 is 10.1 Å². The highest BCUT2D eigenvalue weighted by Crippen LogP contribution is 2.27. The van der Waals surface area contributed by atoms with Crippen molar-refractivity contribution >= 4 is 21.6 Å². The van der Waals surface area contributed by atoms with Crippen molar-refractivity contribution in [2.45, 2.75) is 6.54 Å². The fourth-order valence-electron chi connectivity index (χ4n) is 1.40. The molecule has 4 nitrogen and oxygen atoms in total. The molecule has 0 aliphatic carbocycles. The molecule has 0 atom stereocenters. The van der Waals surface area contributed by atoms with Gasteiger partial charge in [0, 0.05) is 30.2 Å². The molecule has 0 unspecified atom stereocenters. The molecular weight excluding hydrogens is 282 g/mol. The summed E-state index contributed by atoms with van der Waals surface area (Å²) in [5.41, 5.74) is 2.06. The molecule has 0 saturated heterocycles. The highest BCUT2D eigenvalue weighted by atomic mass is 79.9. The van der Waals surface area contributed by atoms with E-state index in [0.29, 0.717) is 6.54 Å². The largest absolute Gasteiger partial charge is 0.496 e. The molecule has 0 aliphatic heterocycles. The van der Waals surface area contributed by atoms with Crippen LogP contribution in [0.1, 0.15) is 5.56 Å². The number of aromatic nitrogens is 2. The van der Waals surface area contributed by atoms with E-state index in [-0.39, 0.29) is 0 Å². The zero-order valence-corrected chi connectivity index (χ0v) is 10.9. The molecule has 5 heteroatoms. The third-order valence-corrected chi connectivity index (χ3v) is 2.88. The molecule has 1 aromatic heterocycles. The summed E-state index contributed by atoms with van der Waals surface area (Å²) >= 11 is 3.44. The maximum atomic E-state index is 5.17. The second-order valence-corrected chi connectivity index (χ2v) is 4.30. The number of rotatable bonds is 4. The Hall–Kier alpha value is -1.62. The van der Waals surface area contributed by atoms with Gasteiger partial charge in [-0.15, -0.1) is 0 Å². The third kappa shape index (κ3) is 3.17. The van der Waals surface area contributed by atoms with Crippen molar-refractivity contribution in [2.24, 2.45) is 0 Å². The zero-order chi connectivity index (χ0) is 12.1. The predicted octanol–water partition coefficient (Wildman–Crippen LogP) is 2.86. The minimum atomic E-state index is 0.694. The van der Waals surface area contributed by atoms with Crippen LogP contribution in [0.5, 0.6) is 5.75 Å². The normalized spacial score (nSPS) is 10.0. The minimum absolute atomic E-state index is 0.694. The molecule has 2 rings (SSSR count). The molecule has 88 valence electrons. The number of methoxy groups -OCH3 is 1. The number of anilines is 1. The Bertz CT molecular complexity index is 490. The first-order valence-corrected chi connectivity index (χ1v) is 5.90. The number of hydrogen-bond donors (Lipinski definition) is 1. The van der Waals surface area contributed by atoms with E-state index in [4.69, 9.17) is 4.74 Å². The highest BCUT2D eigenvalue weighted by molar-refractivity contribution is 9.10. The lowest BCUT2D eigenvalue weighted by atomic mass is 10.3. The van der Waals surface area contributed by atoms with Gasteiger partial charge in [-0.05, 0) is 34.1 Å². The summed E-state index contributed by atoms with van der Waals surface area (Å²) in [6.45, 7) is 0.694. The molecule has 1 aromatic carbocycles. The lowest BCUT2D eigenvalue weighted by molar-refractivity contribution is 0.412. The highest BCUT2D eigenvalue weighted by Gasteiger charge is 2.01. The molecule has 0 spiro atoms. The second-order valence-electron chi connectivity index (χ2n) is 3.45. The van der Waals surface area contributed by atoms with E-state index in [1.807, 2.05) is 18.2 Å². The number of nitrogens with one attached hydrogen (secondary N) is 1. The topological polar surface area (TPSA) is 47.0 Å². The average Bonchev–Trinajstić information content (AvgIpc) is 2.38. The Morgan fingerprint density at radius 3 is 2.71 bits per heavy atom. The maximum Gasteiger partial charge on any atom is 0.133 e. The summed E-state index contributed by atoms with van der Waals surface area (Å²) in [6, 6.07) is 5.85. The monoisotopic (exact) mass is 293 g/mol. The van der Waals surface area contributed by atoms with Gasteiger partial charge in [0.2, 0.25) is 0 Å². The first-order valence-electron chi connectivity index (χ1n) is 5.11. The summed E-state index contributed by atoms with van der Waals surface area (Å²) in [6.07, 6.45) is 5.10. The van der Waals surface area contributed by atoms with Gasteiger partial charge in [-0.25, -0.2) is 9.97 Å². The van der Waals surface area contributed by atoms with Crippen LogP contribution in [0, 0.1) is 0 Å². The lowest BCUT2D eigenvalue weighted by Crippen LogP contribution is -2.00. The van der Waals surface area contributed by atoms with Crippen LogP contribution in [0.2, 0.25) is 0 Å². The number of ether oxygens (including phenoxy) is 1. The van der Waals surface area contributed by atoms with Crippen molar-refractivity contribution in [3.63, 3.8) is 0 Å². The molecular formula is C12H12BrN3O. The maximum absolute atomic E-state index is 5.17. The van der Waals surface area contributed by atoms with Crippen LogP contribution in [0.4, 0.5) is 5.69 Å². The standard InChI is InChI=1S/C12H12BrN3O/c1-17-12-3-2-10(4-11(12)13)16-7-9-5-14-8-15-6-9/h2-6,8,16H,7H2,1H3. The molecule has 1 heterocycles. The molecule has 0 amide bonds. The van der Waals surface area contributed by atoms with E-state index in [2.05, 4.69) is 31.2 Å². The quantitative estimate of drug-likeness (QED) is 0.942. The van der Waals surface area contributed by atoms with Crippen molar-refractivity contribution in [2.75, 3.05) is 12.4 Å². The van der Waals surface area contributed by atoms with Crippen molar-refractivity contribution in [1.82, 2.24) is 9.97 Å². The SMILES string of the molecule is COc1ccc(NCc2cncnc2)cc1Br. The van der Waals surface area contributed by atoms with Gasteiger partial charge in [0.1, 0.15) is 12.1 Å². The van der Waals surface area contributed by atoms with Gasteiger partial charge in [-0.2, -0.15) is 0 Å². The van der Waals surface area contributed by atoms with Crippen LogP contribution in [-0.2, 0) is 6.54 Å². The van der Waals surface area contributed by atoms with E-state index >= 15 is 0 Å². The van der Waals surface area contributed by atoms with E-state index in [1.54, 1.807) is 19.5 Å². The third-order valence-electron chi connectivity index (χ3n) is 2.26. The zero-order valence-electron chi connectivity index (χ0n) is 9.35. The van der Waals surface area contributed by atoms with E-state index in [1.165, 1.54) is 6.33 Å². The number of benzene rings is 1. The molecule has 0 aliphatic rings. The van der Waals surface area contributed by atoms with E-state index in [0.717, 1.165) is 21.5 Å². The molecule has 1 N–H and O–H groups in total. The van der Waals surface area contributed by atoms with Gasteiger partial charge in [0.05, 0.1) is 11.6 Å². The summed E-state index contributed by atoms with van der Waals surface area (Å²) < 4.78 is 6.09. The molecule has 0 radical (unpaired) electrons. The van der Waals surface area contributed by atoms with Crippen LogP contribution >= 0.6 is 15.9 Å². The Morgan fingerprint density at radius 1 is 1.29 bits per heavy atom. The average molecular weight is 294 g/mol. The lowest BCUT2D eigenvalue weighted by Gasteiger charge is -2.08. The van der Waals surface area contributed by atoms with Crippen LogP contribution in [0.3, 0.4) is 0 Å². The van der Waals surface area contributed by atoms with Crippen LogP contribution in [0.15, 0.2) is 41.4 Å². The van der Waals surface area contributed by atoms with Gasteiger partial charge in [0.25, 0.3) is 0 Å². The fraction of sp³-hybridized carbons (Fsp3) is 0.167. The molecule has 0 saturated carbocycles. The smallest absolute Gasteiger partial charge is 0.133 e. The van der Waals surface area contributed by atoms with Crippen LogP contribution in [0.25, 0.3) is 0 Å². The van der Waals surface area contributed by atoms with Crippen molar-refractivity contribution in [1.29, 1.82) is 0 Å². The Kier molecular flexibility index (Phi) is 3.93. The molecule has 0 bridgehead atoms. The molecule has 2 aromatic rings. The minimum Gasteiger partial charge on any atom is -0.496 e. The summed E-state index contributed by atoms with van der Waals surface area (Å²) in [4.78, 5) is 7.92. The van der Waals surface area contributed by atoms with E-state index < -0.39 is 0 Å². The van der Waals surface area contributed by atoms with Gasteiger partial charge in [-0.3, -0.25) is 0 Å². The number of nitrogens with zero attached hydrogens (tertiary/aromatic N) is 2. The summed E-state index contributed by atoms with van der Waals surface area (Å²) in [5, 5.41) is 3.29. The first-order chi connectivity index (χ1) is 8.29.